The van der Waals surface area contributed by atoms with E-state index < -0.39 is 0 Å². The van der Waals surface area contributed by atoms with Crippen molar-refractivity contribution in [1.82, 2.24) is 4.98 Å². The predicted octanol–water partition coefficient (Wildman–Crippen LogP) is 4.55. The Morgan fingerprint density at radius 3 is 2.88 bits per heavy atom. The molecular formula is C20H15ClN2OS. The maximum atomic E-state index is 12.2. The minimum Gasteiger partial charge on any atom is -0.326 e. The molecule has 1 aromatic heterocycles. The average molecular weight is 367 g/mol. The number of halogens is 1. The van der Waals surface area contributed by atoms with Gasteiger partial charge in [-0.2, -0.15) is 0 Å². The van der Waals surface area contributed by atoms with Crippen LogP contribution in [-0.4, -0.2) is 10.9 Å². The van der Waals surface area contributed by atoms with E-state index in [0.29, 0.717) is 17.1 Å². The van der Waals surface area contributed by atoms with Crippen molar-refractivity contribution in [3.63, 3.8) is 0 Å². The first-order valence-corrected chi connectivity index (χ1v) is 8.92. The van der Waals surface area contributed by atoms with Crippen LogP contribution in [0.1, 0.15) is 21.8 Å². The van der Waals surface area contributed by atoms with Crippen molar-refractivity contribution in [2.75, 3.05) is 5.32 Å². The number of nitrogens with zero attached hydrogens (tertiary/aromatic N) is 1. The summed E-state index contributed by atoms with van der Waals surface area (Å²) >= 11 is 7.55. The largest absolute Gasteiger partial charge is 0.326 e. The van der Waals surface area contributed by atoms with E-state index in [-0.39, 0.29) is 12.3 Å². The lowest BCUT2D eigenvalue weighted by Gasteiger charge is -2.04. The Balaban J connectivity index is 1.61. The molecule has 1 N–H and O–H groups in total. The van der Waals surface area contributed by atoms with E-state index in [2.05, 4.69) is 16.2 Å². The smallest absolute Gasteiger partial charge is 0.230 e. The van der Waals surface area contributed by atoms with Crippen LogP contribution in [0.25, 0.3) is 0 Å². The molecule has 3 aromatic rings. The van der Waals surface area contributed by atoms with Crippen molar-refractivity contribution in [1.29, 1.82) is 0 Å². The molecule has 2 aromatic carbocycles. The first-order chi connectivity index (χ1) is 12.1. The number of thiazole rings is 1. The first kappa shape index (κ1) is 17.2. The molecule has 1 heterocycles. The first-order valence-electron chi connectivity index (χ1n) is 7.66. The zero-order chi connectivity index (χ0) is 17.6. The van der Waals surface area contributed by atoms with Gasteiger partial charge in [-0.1, -0.05) is 35.7 Å². The van der Waals surface area contributed by atoms with Crippen LogP contribution in [0.4, 0.5) is 5.69 Å². The van der Waals surface area contributed by atoms with Crippen LogP contribution < -0.4 is 5.32 Å². The van der Waals surface area contributed by atoms with Crippen LogP contribution >= 0.6 is 22.9 Å². The van der Waals surface area contributed by atoms with Gasteiger partial charge >= 0.3 is 0 Å². The Labute approximate surface area is 155 Å². The van der Waals surface area contributed by atoms with Gasteiger partial charge in [0, 0.05) is 28.1 Å². The summed E-state index contributed by atoms with van der Waals surface area (Å²) in [6, 6.07) is 14.9. The van der Waals surface area contributed by atoms with Crippen LogP contribution in [0.2, 0.25) is 5.02 Å². The SMILES string of the molecule is C#Cc1cccc(NC(=O)Cc2csc(Cc3cccc(Cl)c3)n2)c1. The number of aromatic nitrogens is 1. The number of rotatable bonds is 5. The molecule has 0 aliphatic rings. The van der Waals surface area contributed by atoms with E-state index >= 15 is 0 Å². The molecule has 0 radical (unpaired) electrons. The Bertz CT molecular complexity index is 943. The fourth-order valence-electron chi connectivity index (χ4n) is 2.39. The number of carbonyl (C=O) groups excluding carboxylic acids is 1. The van der Waals surface area contributed by atoms with E-state index in [9.17, 15) is 4.79 Å². The van der Waals surface area contributed by atoms with E-state index in [1.54, 1.807) is 17.4 Å². The van der Waals surface area contributed by atoms with Gasteiger partial charge in [0.15, 0.2) is 0 Å². The number of anilines is 1. The molecule has 0 spiro atoms. The van der Waals surface area contributed by atoms with Gasteiger partial charge in [-0.05, 0) is 35.9 Å². The summed E-state index contributed by atoms with van der Waals surface area (Å²) in [6.45, 7) is 0. The second-order valence-electron chi connectivity index (χ2n) is 5.49. The molecule has 0 bridgehead atoms. The molecule has 25 heavy (non-hydrogen) atoms. The van der Waals surface area contributed by atoms with Crippen molar-refractivity contribution in [3.05, 3.63) is 80.8 Å². The molecule has 0 aliphatic heterocycles. The van der Waals surface area contributed by atoms with Gasteiger partial charge < -0.3 is 5.32 Å². The van der Waals surface area contributed by atoms with E-state index in [1.807, 2.05) is 47.8 Å². The Morgan fingerprint density at radius 1 is 1.24 bits per heavy atom. The van der Waals surface area contributed by atoms with Gasteiger partial charge in [0.25, 0.3) is 0 Å². The summed E-state index contributed by atoms with van der Waals surface area (Å²) in [6.07, 6.45) is 6.30. The summed E-state index contributed by atoms with van der Waals surface area (Å²) in [5.41, 5.74) is 3.28. The van der Waals surface area contributed by atoms with E-state index in [0.717, 1.165) is 21.8 Å². The lowest BCUT2D eigenvalue weighted by molar-refractivity contribution is -0.115. The number of benzene rings is 2. The third-order valence-corrected chi connectivity index (χ3v) is 4.63. The number of amides is 1. The zero-order valence-corrected chi connectivity index (χ0v) is 14.9. The van der Waals surface area contributed by atoms with Gasteiger partial charge in [0.2, 0.25) is 5.91 Å². The third kappa shape index (κ3) is 4.93. The summed E-state index contributed by atoms with van der Waals surface area (Å²) in [5.74, 6) is 2.43. The van der Waals surface area contributed by atoms with Gasteiger partial charge in [0.1, 0.15) is 0 Å². The fraction of sp³-hybridized carbons (Fsp3) is 0.100. The summed E-state index contributed by atoms with van der Waals surface area (Å²) < 4.78 is 0. The molecule has 0 saturated carbocycles. The van der Waals surface area contributed by atoms with E-state index in [1.165, 1.54) is 0 Å². The van der Waals surface area contributed by atoms with Gasteiger partial charge in [-0.3, -0.25) is 4.79 Å². The second kappa shape index (κ2) is 7.98. The van der Waals surface area contributed by atoms with Crippen molar-refractivity contribution < 1.29 is 4.79 Å². The Hall–Kier alpha value is -2.61. The third-order valence-electron chi connectivity index (χ3n) is 3.50. The predicted molar refractivity (Wildman–Crippen MR) is 103 cm³/mol. The number of nitrogens with one attached hydrogen (secondary N) is 1. The molecule has 5 heteroatoms. The van der Waals surface area contributed by atoms with Gasteiger partial charge in [0.05, 0.1) is 17.1 Å². The fourth-order valence-corrected chi connectivity index (χ4v) is 3.43. The van der Waals surface area contributed by atoms with Gasteiger partial charge in [-0.15, -0.1) is 17.8 Å². The molecule has 0 unspecified atom stereocenters. The van der Waals surface area contributed by atoms with Crippen molar-refractivity contribution in [3.8, 4) is 12.3 Å². The summed E-state index contributed by atoms with van der Waals surface area (Å²) in [4.78, 5) is 16.7. The lowest BCUT2D eigenvalue weighted by Crippen LogP contribution is -2.14. The van der Waals surface area contributed by atoms with Crippen LogP contribution in [0.15, 0.2) is 53.9 Å². The monoisotopic (exact) mass is 366 g/mol. The van der Waals surface area contributed by atoms with Crippen LogP contribution in [0.3, 0.4) is 0 Å². The quantitative estimate of drug-likeness (QED) is 0.673. The van der Waals surface area contributed by atoms with E-state index in [4.69, 9.17) is 18.0 Å². The highest BCUT2D eigenvalue weighted by Crippen LogP contribution is 2.18. The maximum Gasteiger partial charge on any atom is 0.230 e. The minimum atomic E-state index is -0.117. The molecule has 3 rings (SSSR count). The number of terminal acetylenes is 1. The summed E-state index contributed by atoms with van der Waals surface area (Å²) in [7, 11) is 0. The molecule has 1 amide bonds. The van der Waals surface area contributed by atoms with Crippen molar-refractivity contribution >= 4 is 34.5 Å². The second-order valence-corrected chi connectivity index (χ2v) is 6.87. The molecule has 124 valence electrons. The molecule has 0 aliphatic carbocycles. The Morgan fingerprint density at radius 2 is 2.08 bits per heavy atom. The molecule has 0 atom stereocenters. The highest BCUT2D eigenvalue weighted by molar-refractivity contribution is 7.09. The molecular weight excluding hydrogens is 352 g/mol. The molecule has 3 nitrogen and oxygen atoms in total. The number of hydrogen-bond donors (Lipinski definition) is 1. The van der Waals surface area contributed by atoms with Gasteiger partial charge in [-0.25, -0.2) is 4.98 Å². The standard InChI is InChI=1S/C20H15ClN2OS/c1-2-14-5-4-8-17(10-14)22-19(24)12-18-13-25-20(23-18)11-15-6-3-7-16(21)9-15/h1,3-10,13H,11-12H2,(H,22,24). The number of hydrogen-bond acceptors (Lipinski definition) is 3. The zero-order valence-electron chi connectivity index (χ0n) is 13.3. The normalized spacial score (nSPS) is 10.2. The lowest BCUT2D eigenvalue weighted by atomic mass is 10.2. The van der Waals surface area contributed by atoms with Crippen molar-refractivity contribution in [2.24, 2.45) is 0 Å². The van der Waals surface area contributed by atoms with Crippen molar-refractivity contribution in [2.45, 2.75) is 12.8 Å². The van der Waals surface area contributed by atoms with Crippen LogP contribution in [0.5, 0.6) is 0 Å². The topological polar surface area (TPSA) is 42.0 Å². The summed E-state index contributed by atoms with van der Waals surface area (Å²) in [5, 5.41) is 6.43. The van der Waals surface area contributed by atoms with Crippen LogP contribution in [-0.2, 0) is 17.6 Å². The highest BCUT2D eigenvalue weighted by atomic mass is 35.5. The average Bonchev–Trinajstić information content (AvgIpc) is 3.01. The Kier molecular flexibility index (Phi) is 5.49. The molecule has 0 fully saturated rings. The maximum absolute atomic E-state index is 12.2. The minimum absolute atomic E-state index is 0.117. The number of carbonyl (C=O) groups is 1. The molecule has 0 saturated heterocycles. The van der Waals surface area contributed by atoms with Crippen LogP contribution in [0, 0.1) is 12.3 Å². The highest BCUT2D eigenvalue weighted by Gasteiger charge is 2.09.